The van der Waals surface area contributed by atoms with Gasteiger partial charge in [0.15, 0.2) is 0 Å². The fourth-order valence-electron chi connectivity index (χ4n) is 1.37. The van der Waals surface area contributed by atoms with Crippen molar-refractivity contribution < 1.29 is 9.84 Å². The molecule has 0 bridgehead atoms. The van der Waals surface area contributed by atoms with E-state index in [-0.39, 0.29) is 0 Å². The standard InChI is InChI=1S/C12H19NO2/c1-3-15-8-4-5-12(14)11-7-6-10(2)13-9-11/h6-7,9,12,14H,3-5,8H2,1-2H3. The lowest BCUT2D eigenvalue weighted by Crippen LogP contribution is -2.01. The Morgan fingerprint density at radius 2 is 2.27 bits per heavy atom. The van der Waals surface area contributed by atoms with Gasteiger partial charge in [-0.25, -0.2) is 0 Å². The Labute approximate surface area is 91.1 Å². The third kappa shape index (κ3) is 4.40. The maximum absolute atomic E-state index is 9.82. The fourth-order valence-corrected chi connectivity index (χ4v) is 1.37. The summed E-state index contributed by atoms with van der Waals surface area (Å²) >= 11 is 0. The number of hydrogen-bond acceptors (Lipinski definition) is 3. The van der Waals surface area contributed by atoms with Crippen LogP contribution in [0.1, 0.15) is 37.1 Å². The number of aromatic nitrogens is 1. The van der Waals surface area contributed by atoms with Crippen molar-refractivity contribution in [2.75, 3.05) is 13.2 Å². The van der Waals surface area contributed by atoms with Gasteiger partial charge in [0.05, 0.1) is 6.10 Å². The minimum absolute atomic E-state index is 0.418. The van der Waals surface area contributed by atoms with Crippen LogP contribution in [0.3, 0.4) is 0 Å². The molecule has 0 aromatic carbocycles. The Kier molecular flexibility index (Phi) is 5.29. The van der Waals surface area contributed by atoms with Crippen LogP contribution in [-0.2, 0) is 4.74 Å². The van der Waals surface area contributed by atoms with Gasteiger partial charge in [-0.15, -0.1) is 0 Å². The monoisotopic (exact) mass is 209 g/mol. The quantitative estimate of drug-likeness (QED) is 0.731. The van der Waals surface area contributed by atoms with Gasteiger partial charge < -0.3 is 9.84 Å². The van der Waals surface area contributed by atoms with Gasteiger partial charge in [0.2, 0.25) is 0 Å². The molecular weight excluding hydrogens is 190 g/mol. The number of aryl methyl sites for hydroxylation is 1. The van der Waals surface area contributed by atoms with Gasteiger partial charge in [-0.3, -0.25) is 4.98 Å². The molecule has 0 amide bonds. The highest BCUT2D eigenvalue weighted by Crippen LogP contribution is 2.17. The molecule has 0 saturated carbocycles. The highest BCUT2D eigenvalue weighted by molar-refractivity contribution is 5.15. The average Bonchev–Trinajstić information content (AvgIpc) is 2.25. The maximum atomic E-state index is 9.82. The maximum Gasteiger partial charge on any atom is 0.0805 e. The van der Waals surface area contributed by atoms with E-state index in [1.807, 2.05) is 26.0 Å². The molecule has 1 aromatic rings. The molecular formula is C12H19NO2. The molecule has 3 nitrogen and oxygen atoms in total. The first-order chi connectivity index (χ1) is 7.24. The van der Waals surface area contributed by atoms with Gasteiger partial charge in [-0.2, -0.15) is 0 Å². The summed E-state index contributed by atoms with van der Waals surface area (Å²) in [4.78, 5) is 4.15. The van der Waals surface area contributed by atoms with E-state index in [1.54, 1.807) is 6.20 Å². The number of hydrogen-bond donors (Lipinski definition) is 1. The predicted octanol–water partition coefficient (Wildman–Crippen LogP) is 2.24. The van der Waals surface area contributed by atoms with Gasteiger partial charge in [0.25, 0.3) is 0 Å². The molecule has 0 aliphatic carbocycles. The van der Waals surface area contributed by atoms with Crippen LogP contribution in [0.4, 0.5) is 0 Å². The first-order valence-corrected chi connectivity index (χ1v) is 5.42. The van der Waals surface area contributed by atoms with Crippen LogP contribution in [0.15, 0.2) is 18.3 Å². The molecule has 0 aliphatic rings. The Bertz CT molecular complexity index is 271. The van der Waals surface area contributed by atoms with Crippen molar-refractivity contribution in [2.45, 2.75) is 32.8 Å². The molecule has 0 aliphatic heterocycles. The lowest BCUT2D eigenvalue weighted by molar-refractivity contribution is 0.114. The van der Waals surface area contributed by atoms with Crippen molar-refractivity contribution in [1.29, 1.82) is 0 Å². The van der Waals surface area contributed by atoms with E-state index in [9.17, 15) is 5.11 Å². The first kappa shape index (κ1) is 12.1. The molecule has 1 atom stereocenters. The molecule has 1 N–H and O–H groups in total. The summed E-state index contributed by atoms with van der Waals surface area (Å²) in [6.45, 7) is 5.36. The number of aliphatic hydroxyl groups is 1. The van der Waals surface area contributed by atoms with Crippen LogP contribution in [0.2, 0.25) is 0 Å². The van der Waals surface area contributed by atoms with Crippen molar-refractivity contribution in [3.05, 3.63) is 29.6 Å². The van der Waals surface area contributed by atoms with Gasteiger partial charge in [-0.05, 0) is 38.3 Å². The molecule has 0 saturated heterocycles. The third-order valence-electron chi connectivity index (χ3n) is 2.29. The zero-order chi connectivity index (χ0) is 11.1. The molecule has 1 aromatic heterocycles. The van der Waals surface area contributed by atoms with Gasteiger partial charge in [-0.1, -0.05) is 6.07 Å². The van der Waals surface area contributed by atoms with E-state index in [0.717, 1.165) is 30.7 Å². The average molecular weight is 209 g/mol. The Balaban J connectivity index is 2.33. The number of rotatable bonds is 6. The zero-order valence-electron chi connectivity index (χ0n) is 9.44. The Hall–Kier alpha value is -0.930. The van der Waals surface area contributed by atoms with E-state index >= 15 is 0 Å². The molecule has 0 spiro atoms. The van der Waals surface area contributed by atoms with E-state index in [1.165, 1.54) is 0 Å². The fraction of sp³-hybridized carbons (Fsp3) is 0.583. The number of pyridine rings is 1. The molecule has 0 fully saturated rings. The van der Waals surface area contributed by atoms with Crippen molar-refractivity contribution in [3.8, 4) is 0 Å². The van der Waals surface area contributed by atoms with Crippen LogP contribution >= 0.6 is 0 Å². The largest absolute Gasteiger partial charge is 0.388 e. The van der Waals surface area contributed by atoms with Crippen molar-refractivity contribution in [2.24, 2.45) is 0 Å². The van der Waals surface area contributed by atoms with Crippen molar-refractivity contribution in [3.63, 3.8) is 0 Å². The minimum atomic E-state index is -0.418. The molecule has 1 heterocycles. The lowest BCUT2D eigenvalue weighted by atomic mass is 10.1. The Morgan fingerprint density at radius 1 is 1.47 bits per heavy atom. The number of nitrogens with zero attached hydrogens (tertiary/aromatic N) is 1. The lowest BCUT2D eigenvalue weighted by Gasteiger charge is -2.10. The van der Waals surface area contributed by atoms with Gasteiger partial charge in [0, 0.05) is 25.1 Å². The highest BCUT2D eigenvalue weighted by Gasteiger charge is 2.06. The second-order valence-corrected chi connectivity index (χ2v) is 3.59. The summed E-state index contributed by atoms with van der Waals surface area (Å²) in [6, 6.07) is 3.84. The van der Waals surface area contributed by atoms with Crippen LogP contribution in [0, 0.1) is 6.92 Å². The SMILES string of the molecule is CCOCCCC(O)c1ccc(C)nc1. The predicted molar refractivity (Wildman–Crippen MR) is 59.7 cm³/mol. The summed E-state index contributed by atoms with van der Waals surface area (Å²) in [7, 11) is 0. The molecule has 1 rings (SSSR count). The van der Waals surface area contributed by atoms with E-state index in [4.69, 9.17) is 4.74 Å². The molecule has 3 heteroatoms. The minimum Gasteiger partial charge on any atom is -0.388 e. The number of aliphatic hydroxyl groups excluding tert-OH is 1. The molecule has 84 valence electrons. The van der Waals surface area contributed by atoms with Crippen LogP contribution in [0.25, 0.3) is 0 Å². The summed E-state index contributed by atoms with van der Waals surface area (Å²) in [6.07, 6.45) is 2.92. The van der Waals surface area contributed by atoms with Gasteiger partial charge >= 0.3 is 0 Å². The molecule has 1 unspecified atom stereocenters. The highest BCUT2D eigenvalue weighted by atomic mass is 16.5. The van der Waals surface area contributed by atoms with E-state index in [2.05, 4.69) is 4.98 Å². The van der Waals surface area contributed by atoms with Crippen LogP contribution in [-0.4, -0.2) is 23.3 Å². The second kappa shape index (κ2) is 6.53. The summed E-state index contributed by atoms with van der Waals surface area (Å²) in [5.74, 6) is 0. The smallest absolute Gasteiger partial charge is 0.0805 e. The summed E-state index contributed by atoms with van der Waals surface area (Å²) in [5.41, 5.74) is 1.86. The molecule has 15 heavy (non-hydrogen) atoms. The van der Waals surface area contributed by atoms with Crippen LogP contribution < -0.4 is 0 Å². The third-order valence-corrected chi connectivity index (χ3v) is 2.29. The second-order valence-electron chi connectivity index (χ2n) is 3.59. The summed E-state index contributed by atoms with van der Waals surface area (Å²) in [5, 5.41) is 9.82. The summed E-state index contributed by atoms with van der Waals surface area (Å²) < 4.78 is 5.21. The van der Waals surface area contributed by atoms with Gasteiger partial charge in [0.1, 0.15) is 0 Å². The van der Waals surface area contributed by atoms with Crippen molar-refractivity contribution in [1.82, 2.24) is 4.98 Å². The van der Waals surface area contributed by atoms with Crippen LogP contribution in [0.5, 0.6) is 0 Å². The van der Waals surface area contributed by atoms with E-state index < -0.39 is 6.10 Å². The number of ether oxygens (including phenoxy) is 1. The molecule has 0 radical (unpaired) electrons. The Morgan fingerprint density at radius 3 is 2.87 bits per heavy atom. The van der Waals surface area contributed by atoms with E-state index in [0.29, 0.717) is 6.61 Å². The zero-order valence-corrected chi connectivity index (χ0v) is 9.44. The topological polar surface area (TPSA) is 42.4 Å². The van der Waals surface area contributed by atoms with Crippen molar-refractivity contribution >= 4 is 0 Å². The first-order valence-electron chi connectivity index (χ1n) is 5.42. The normalized spacial score (nSPS) is 12.7.